The van der Waals surface area contributed by atoms with Crippen molar-refractivity contribution in [2.75, 3.05) is 5.32 Å². The van der Waals surface area contributed by atoms with Crippen LogP contribution >= 0.6 is 0 Å². The summed E-state index contributed by atoms with van der Waals surface area (Å²) in [5, 5.41) is 28.6. The first-order valence-electron chi connectivity index (χ1n) is 8.74. The molecule has 1 amide bonds. The fourth-order valence-corrected chi connectivity index (χ4v) is 2.67. The number of carbonyl (C=O) groups is 1. The second-order valence-electron chi connectivity index (χ2n) is 6.11. The molecule has 1 N–H and O–H groups in total. The standard InChI is InChI=1S/C18H16N6O6/c1-2-17(22-11-14(9-20-22)24(28)29)18(25)21-12-6-13(23(26)27)8-16(7-12)30-15-4-3-5-19-10-15/h3-11,17H,2H2,1H3,(H,21,25). The summed E-state index contributed by atoms with van der Waals surface area (Å²) in [5.41, 5.74) is -0.397. The largest absolute Gasteiger partial charge is 0.455 e. The van der Waals surface area contributed by atoms with Gasteiger partial charge in [0.05, 0.1) is 27.8 Å². The normalized spacial score (nSPS) is 11.5. The van der Waals surface area contributed by atoms with Crippen LogP contribution in [0.3, 0.4) is 0 Å². The molecule has 0 spiro atoms. The van der Waals surface area contributed by atoms with E-state index in [4.69, 9.17) is 4.74 Å². The van der Waals surface area contributed by atoms with E-state index in [-0.39, 0.29) is 22.8 Å². The van der Waals surface area contributed by atoms with Crippen molar-refractivity contribution in [3.63, 3.8) is 0 Å². The maximum absolute atomic E-state index is 12.7. The molecule has 0 radical (unpaired) electrons. The molecule has 154 valence electrons. The van der Waals surface area contributed by atoms with E-state index in [0.29, 0.717) is 12.2 Å². The molecular formula is C18H16N6O6. The maximum Gasteiger partial charge on any atom is 0.307 e. The van der Waals surface area contributed by atoms with Crippen LogP contribution in [0.25, 0.3) is 0 Å². The molecule has 1 atom stereocenters. The number of non-ortho nitro benzene ring substituents is 1. The number of benzene rings is 1. The van der Waals surface area contributed by atoms with Crippen molar-refractivity contribution in [2.24, 2.45) is 0 Å². The zero-order valence-electron chi connectivity index (χ0n) is 15.7. The first-order valence-corrected chi connectivity index (χ1v) is 8.74. The lowest BCUT2D eigenvalue weighted by Crippen LogP contribution is -2.26. The summed E-state index contributed by atoms with van der Waals surface area (Å²) in [6, 6.07) is 6.26. The van der Waals surface area contributed by atoms with Crippen LogP contribution in [0.4, 0.5) is 17.1 Å². The van der Waals surface area contributed by atoms with Crippen molar-refractivity contribution in [3.8, 4) is 11.5 Å². The van der Waals surface area contributed by atoms with Crippen molar-refractivity contribution in [2.45, 2.75) is 19.4 Å². The minimum absolute atomic E-state index is 0.133. The molecule has 0 fully saturated rings. The minimum atomic E-state index is -0.847. The van der Waals surface area contributed by atoms with Crippen molar-refractivity contribution < 1.29 is 19.4 Å². The molecule has 0 aliphatic carbocycles. The third-order valence-corrected chi connectivity index (χ3v) is 4.05. The number of amides is 1. The molecule has 0 saturated carbocycles. The Balaban J connectivity index is 1.85. The predicted molar refractivity (Wildman–Crippen MR) is 104 cm³/mol. The molecule has 30 heavy (non-hydrogen) atoms. The Morgan fingerprint density at radius 1 is 1.17 bits per heavy atom. The number of nitro benzene ring substituents is 1. The zero-order valence-corrected chi connectivity index (χ0v) is 15.7. The van der Waals surface area contributed by atoms with Gasteiger partial charge in [-0.05, 0) is 18.6 Å². The van der Waals surface area contributed by atoms with Crippen molar-refractivity contribution in [1.82, 2.24) is 14.8 Å². The van der Waals surface area contributed by atoms with Gasteiger partial charge in [-0.2, -0.15) is 5.10 Å². The maximum atomic E-state index is 12.7. The molecule has 0 aliphatic rings. The number of nitrogens with one attached hydrogen (secondary N) is 1. The van der Waals surface area contributed by atoms with Crippen LogP contribution < -0.4 is 10.1 Å². The molecule has 0 saturated heterocycles. The molecular weight excluding hydrogens is 396 g/mol. The van der Waals surface area contributed by atoms with Gasteiger partial charge in [0.1, 0.15) is 29.9 Å². The van der Waals surface area contributed by atoms with E-state index in [1.165, 1.54) is 29.1 Å². The number of aromatic nitrogens is 3. The van der Waals surface area contributed by atoms with Gasteiger partial charge in [-0.1, -0.05) is 6.92 Å². The van der Waals surface area contributed by atoms with Crippen LogP contribution in [0.5, 0.6) is 11.5 Å². The lowest BCUT2D eigenvalue weighted by Gasteiger charge is -2.15. The quantitative estimate of drug-likeness (QED) is 0.435. The SMILES string of the molecule is CCC(C(=O)Nc1cc(Oc2cccnc2)cc([N+](=O)[O-])c1)n1cc([N+](=O)[O-])cn1. The summed E-state index contributed by atoms with van der Waals surface area (Å²) in [6.07, 6.45) is 5.48. The van der Waals surface area contributed by atoms with Crippen LogP contribution in [0.1, 0.15) is 19.4 Å². The fourth-order valence-electron chi connectivity index (χ4n) is 2.67. The smallest absolute Gasteiger partial charge is 0.307 e. The van der Waals surface area contributed by atoms with Gasteiger partial charge < -0.3 is 10.1 Å². The Morgan fingerprint density at radius 3 is 2.53 bits per heavy atom. The van der Waals surface area contributed by atoms with Crippen LogP contribution in [0, 0.1) is 20.2 Å². The van der Waals surface area contributed by atoms with Gasteiger partial charge >= 0.3 is 5.69 Å². The van der Waals surface area contributed by atoms with E-state index in [0.717, 1.165) is 12.4 Å². The Hall–Kier alpha value is -4.35. The molecule has 2 aromatic heterocycles. The Morgan fingerprint density at radius 2 is 1.93 bits per heavy atom. The molecule has 3 aromatic rings. The average Bonchev–Trinajstić information content (AvgIpc) is 3.19. The number of carbonyl (C=O) groups excluding carboxylic acids is 1. The number of rotatable bonds is 8. The van der Waals surface area contributed by atoms with E-state index in [2.05, 4.69) is 15.4 Å². The van der Waals surface area contributed by atoms with E-state index in [1.54, 1.807) is 25.3 Å². The first-order chi connectivity index (χ1) is 14.4. The van der Waals surface area contributed by atoms with E-state index in [9.17, 15) is 25.0 Å². The molecule has 12 heteroatoms. The van der Waals surface area contributed by atoms with Crippen LogP contribution in [-0.4, -0.2) is 30.5 Å². The second-order valence-corrected chi connectivity index (χ2v) is 6.11. The highest BCUT2D eigenvalue weighted by Crippen LogP contribution is 2.30. The highest BCUT2D eigenvalue weighted by Gasteiger charge is 2.23. The molecule has 12 nitrogen and oxygen atoms in total. The molecule has 1 unspecified atom stereocenters. The third-order valence-electron chi connectivity index (χ3n) is 4.05. The number of anilines is 1. The summed E-state index contributed by atoms with van der Waals surface area (Å²) >= 11 is 0. The fraction of sp³-hybridized carbons (Fsp3) is 0.167. The van der Waals surface area contributed by atoms with Gasteiger partial charge in [0.15, 0.2) is 0 Å². The van der Waals surface area contributed by atoms with Crippen LogP contribution in [0.2, 0.25) is 0 Å². The zero-order chi connectivity index (χ0) is 21.7. The Kier molecular flexibility index (Phi) is 5.96. The Bertz CT molecular complexity index is 1080. The van der Waals surface area contributed by atoms with Crippen LogP contribution in [0.15, 0.2) is 55.1 Å². The van der Waals surface area contributed by atoms with E-state index >= 15 is 0 Å². The topological polar surface area (TPSA) is 155 Å². The summed E-state index contributed by atoms with van der Waals surface area (Å²) < 4.78 is 6.76. The summed E-state index contributed by atoms with van der Waals surface area (Å²) in [5.74, 6) is -0.0378. The predicted octanol–water partition coefficient (Wildman–Crippen LogP) is 3.48. The van der Waals surface area contributed by atoms with Gasteiger partial charge in [0.2, 0.25) is 5.91 Å². The molecule has 1 aromatic carbocycles. The van der Waals surface area contributed by atoms with Crippen molar-refractivity contribution in [1.29, 1.82) is 0 Å². The van der Waals surface area contributed by atoms with Crippen molar-refractivity contribution in [3.05, 3.63) is 75.3 Å². The number of hydrogen-bond donors (Lipinski definition) is 1. The second kappa shape index (κ2) is 8.77. The summed E-state index contributed by atoms with van der Waals surface area (Å²) in [4.78, 5) is 37.5. The van der Waals surface area contributed by atoms with Crippen LogP contribution in [-0.2, 0) is 4.79 Å². The van der Waals surface area contributed by atoms with Gasteiger partial charge in [-0.3, -0.25) is 34.7 Å². The van der Waals surface area contributed by atoms with Gasteiger partial charge in [0, 0.05) is 18.3 Å². The summed E-state index contributed by atoms with van der Waals surface area (Å²) in [7, 11) is 0. The molecule has 2 heterocycles. The minimum Gasteiger partial charge on any atom is -0.455 e. The van der Waals surface area contributed by atoms with Gasteiger partial charge in [-0.15, -0.1) is 0 Å². The monoisotopic (exact) mass is 412 g/mol. The average molecular weight is 412 g/mol. The molecule has 0 bridgehead atoms. The highest BCUT2D eigenvalue weighted by atomic mass is 16.6. The first kappa shape index (κ1) is 20.4. The van der Waals surface area contributed by atoms with Gasteiger partial charge in [-0.25, -0.2) is 0 Å². The number of hydrogen-bond acceptors (Lipinski definition) is 8. The number of nitro groups is 2. The number of ether oxygens (including phenoxy) is 1. The highest BCUT2D eigenvalue weighted by molar-refractivity contribution is 5.94. The number of pyridine rings is 1. The lowest BCUT2D eigenvalue weighted by molar-refractivity contribution is -0.385. The lowest BCUT2D eigenvalue weighted by atomic mass is 10.2. The van der Waals surface area contributed by atoms with E-state index < -0.39 is 21.8 Å². The molecule has 3 rings (SSSR count). The van der Waals surface area contributed by atoms with E-state index in [1.807, 2.05) is 0 Å². The summed E-state index contributed by atoms with van der Waals surface area (Å²) in [6.45, 7) is 1.71. The molecule has 0 aliphatic heterocycles. The Labute approximate surface area is 169 Å². The number of nitrogens with zero attached hydrogens (tertiary/aromatic N) is 5. The third kappa shape index (κ3) is 4.73. The van der Waals surface area contributed by atoms with Gasteiger partial charge in [0.25, 0.3) is 5.69 Å². The van der Waals surface area contributed by atoms with Crippen molar-refractivity contribution >= 4 is 23.0 Å².